The summed E-state index contributed by atoms with van der Waals surface area (Å²) in [7, 11) is 0. The Morgan fingerprint density at radius 2 is 1.91 bits per heavy atom. The van der Waals surface area contributed by atoms with Crippen LogP contribution in [0, 0.1) is 5.82 Å². The van der Waals surface area contributed by atoms with Crippen LogP contribution in [0.2, 0.25) is 0 Å². The number of carbonyl (C=O) groups is 2. The summed E-state index contributed by atoms with van der Waals surface area (Å²) in [5.41, 5.74) is 3.41. The fraction of sp³-hybridized carbons (Fsp3) is 0.467. The van der Waals surface area contributed by atoms with Gasteiger partial charge in [0.2, 0.25) is 5.91 Å². The Kier molecular flexibility index (Phi) is 3.74. The van der Waals surface area contributed by atoms with E-state index >= 15 is 0 Å². The first-order chi connectivity index (χ1) is 10.5. The molecule has 1 aromatic carbocycles. The lowest BCUT2D eigenvalue weighted by atomic mass is 9.84. The van der Waals surface area contributed by atoms with Gasteiger partial charge in [0, 0.05) is 26.1 Å². The molecule has 0 atom stereocenters. The molecule has 22 heavy (non-hydrogen) atoms. The van der Waals surface area contributed by atoms with Crippen molar-refractivity contribution in [3.05, 3.63) is 35.6 Å². The number of hydrogen-bond donors (Lipinski definition) is 2. The SMILES string of the molecule is O=C1CC2(CCN(C(=O)O)CC2)N(Cc2ccc(F)cc2)N1. The zero-order chi connectivity index (χ0) is 15.7. The molecule has 1 spiro atoms. The lowest BCUT2D eigenvalue weighted by molar-refractivity contribution is -0.121. The number of benzene rings is 1. The predicted octanol–water partition coefficient (Wildman–Crippen LogP) is 1.58. The van der Waals surface area contributed by atoms with E-state index in [9.17, 15) is 14.0 Å². The molecule has 0 radical (unpaired) electrons. The Hall–Kier alpha value is -2.15. The molecule has 6 nitrogen and oxygen atoms in total. The van der Waals surface area contributed by atoms with Crippen molar-refractivity contribution in [3.63, 3.8) is 0 Å². The molecule has 0 unspecified atom stereocenters. The van der Waals surface area contributed by atoms with Crippen LogP contribution >= 0.6 is 0 Å². The molecule has 0 saturated carbocycles. The van der Waals surface area contributed by atoms with Gasteiger partial charge in [0.05, 0.1) is 5.54 Å². The molecule has 2 aliphatic heterocycles. The summed E-state index contributed by atoms with van der Waals surface area (Å²) in [6.07, 6.45) is 0.678. The number of halogens is 1. The number of amides is 2. The van der Waals surface area contributed by atoms with Crippen LogP contribution in [0.3, 0.4) is 0 Å². The third-order valence-corrected chi connectivity index (χ3v) is 4.54. The van der Waals surface area contributed by atoms with Crippen molar-refractivity contribution in [2.24, 2.45) is 0 Å². The van der Waals surface area contributed by atoms with Crippen molar-refractivity contribution >= 4 is 12.0 Å². The maximum Gasteiger partial charge on any atom is 0.407 e. The van der Waals surface area contributed by atoms with Crippen molar-refractivity contribution in [1.29, 1.82) is 0 Å². The smallest absolute Gasteiger partial charge is 0.407 e. The Morgan fingerprint density at radius 3 is 2.50 bits per heavy atom. The van der Waals surface area contributed by atoms with E-state index in [4.69, 9.17) is 5.11 Å². The summed E-state index contributed by atoms with van der Waals surface area (Å²) in [5, 5.41) is 10.9. The van der Waals surface area contributed by atoms with Gasteiger partial charge in [-0.15, -0.1) is 0 Å². The van der Waals surface area contributed by atoms with Crippen LogP contribution in [-0.2, 0) is 11.3 Å². The molecule has 2 fully saturated rings. The number of hydrogen-bond acceptors (Lipinski definition) is 3. The molecule has 118 valence electrons. The zero-order valence-corrected chi connectivity index (χ0v) is 12.1. The molecule has 2 amide bonds. The highest BCUT2D eigenvalue weighted by Gasteiger charge is 2.47. The second-order valence-corrected chi connectivity index (χ2v) is 5.92. The second-order valence-electron chi connectivity index (χ2n) is 5.92. The lowest BCUT2D eigenvalue weighted by Crippen LogP contribution is -2.54. The van der Waals surface area contributed by atoms with Crippen LogP contribution < -0.4 is 5.43 Å². The molecule has 2 N–H and O–H groups in total. The van der Waals surface area contributed by atoms with Gasteiger partial charge in [-0.2, -0.15) is 0 Å². The molecule has 2 heterocycles. The van der Waals surface area contributed by atoms with Crippen LogP contribution in [0.1, 0.15) is 24.8 Å². The van der Waals surface area contributed by atoms with Crippen LogP contribution in [0.25, 0.3) is 0 Å². The molecule has 1 aromatic rings. The van der Waals surface area contributed by atoms with E-state index in [0.29, 0.717) is 38.9 Å². The standard InChI is InChI=1S/C15H18FN3O3/c16-12-3-1-11(2-4-12)10-19-15(9-13(20)17-19)5-7-18(8-6-15)14(21)22/h1-4H,5-10H2,(H,17,20)(H,21,22). The van der Waals surface area contributed by atoms with Crippen LogP contribution in [0.4, 0.5) is 9.18 Å². The van der Waals surface area contributed by atoms with Crippen molar-refractivity contribution in [2.75, 3.05) is 13.1 Å². The summed E-state index contributed by atoms with van der Waals surface area (Å²) in [4.78, 5) is 24.2. The normalized spacial score (nSPS) is 21.1. The van der Waals surface area contributed by atoms with E-state index in [0.717, 1.165) is 5.56 Å². The molecule has 2 saturated heterocycles. The minimum atomic E-state index is -0.919. The second kappa shape index (κ2) is 5.57. The Morgan fingerprint density at radius 1 is 1.27 bits per heavy atom. The maximum atomic E-state index is 13.0. The van der Waals surface area contributed by atoms with Gasteiger partial charge in [-0.3, -0.25) is 10.2 Å². The number of piperidine rings is 1. The van der Waals surface area contributed by atoms with E-state index in [-0.39, 0.29) is 17.3 Å². The number of carboxylic acid groups (broad SMARTS) is 1. The molecule has 3 rings (SSSR count). The van der Waals surface area contributed by atoms with Crippen molar-refractivity contribution < 1.29 is 19.1 Å². The van der Waals surface area contributed by atoms with Crippen molar-refractivity contribution in [2.45, 2.75) is 31.3 Å². The number of nitrogens with zero attached hydrogens (tertiary/aromatic N) is 2. The summed E-state index contributed by atoms with van der Waals surface area (Å²) < 4.78 is 13.0. The molecule has 7 heteroatoms. The fourth-order valence-corrected chi connectivity index (χ4v) is 3.24. The molecule has 0 bridgehead atoms. The molecule has 2 aliphatic rings. The minimum absolute atomic E-state index is 0.0501. The third-order valence-electron chi connectivity index (χ3n) is 4.54. The van der Waals surface area contributed by atoms with Gasteiger partial charge in [0.15, 0.2) is 0 Å². The van der Waals surface area contributed by atoms with Crippen LogP contribution in [0.15, 0.2) is 24.3 Å². The van der Waals surface area contributed by atoms with E-state index in [1.807, 2.05) is 5.01 Å². The number of carbonyl (C=O) groups excluding carboxylic acids is 1. The molecule has 0 aliphatic carbocycles. The van der Waals surface area contributed by atoms with Gasteiger partial charge in [-0.1, -0.05) is 12.1 Å². The van der Waals surface area contributed by atoms with Gasteiger partial charge in [0.25, 0.3) is 0 Å². The van der Waals surface area contributed by atoms with E-state index in [1.165, 1.54) is 17.0 Å². The third kappa shape index (κ3) is 2.76. The first kappa shape index (κ1) is 14.8. The average Bonchev–Trinajstić information content (AvgIpc) is 2.77. The number of nitrogens with one attached hydrogen (secondary N) is 1. The van der Waals surface area contributed by atoms with Crippen LogP contribution in [0.5, 0.6) is 0 Å². The minimum Gasteiger partial charge on any atom is -0.465 e. The van der Waals surface area contributed by atoms with Gasteiger partial charge >= 0.3 is 6.09 Å². The summed E-state index contributed by atoms with van der Waals surface area (Å²) in [6, 6.07) is 6.18. The summed E-state index contributed by atoms with van der Waals surface area (Å²) in [6.45, 7) is 1.33. The summed E-state index contributed by atoms with van der Waals surface area (Å²) >= 11 is 0. The Labute approximate surface area is 127 Å². The molecule has 0 aromatic heterocycles. The molecular formula is C15H18FN3O3. The predicted molar refractivity (Wildman–Crippen MR) is 76.3 cm³/mol. The number of rotatable bonds is 2. The summed E-state index contributed by atoms with van der Waals surface area (Å²) in [5.74, 6) is -0.343. The maximum absolute atomic E-state index is 13.0. The van der Waals surface area contributed by atoms with E-state index in [1.54, 1.807) is 12.1 Å². The quantitative estimate of drug-likeness (QED) is 0.870. The highest BCUT2D eigenvalue weighted by atomic mass is 19.1. The van der Waals surface area contributed by atoms with Gasteiger partial charge < -0.3 is 10.0 Å². The Bertz CT molecular complexity index is 582. The monoisotopic (exact) mass is 307 g/mol. The van der Waals surface area contributed by atoms with Gasteiger partial charge in [-0.25, -0.2) is 14.2 Å². The van der Waals surface area contributed by atoms with E-state index in [2.05, 4.69) is 5.43 Å². The largest absolute Gasteiger partial charge is 0.465 e. The lowest BCUT2D eigenvalue weighted by Gasteiger charge is -2.42. The first-order valence-corrected chi connectivity index (χ1v) is 7.28. The van der Waals surface area contributed by atoms with Gasteiger partial charge in [0.1, 0.15) is 5.82 Å². The number of likely N-dealkylation sites (tertiary alicyclic amines) is 1. The topological polar surface area (TPSA) is 72.9 Å². The average molecular weight is 307 g/mol. The highest BCUT2D eigenvalue weighted by molar-refractivity contribution is 5.79. The number of hydrazine groups is 1. The highest BCUT2D eigenvalue weighted by Crippen LogP contribution is 2.35. The Balaban J connectivity index is 1.74. The van der Waals surface area contributed by atoms with Crippen molar-refractivity contribution in [3.8, 4) is 0 Å². The van der Waals surface area contributed by atoms with E-state index < -0.39 is 6.09 Å². The van der Waals surface area contributed by atoms with Gasteiger partial charge in [-0.05, 0) is 30.5 Å². The first-order valence-electron chi connectivity index (χ1n) is 7.28. The van der Waals surface area contributed by atoms with Crippen LogP contribution in [-0.4, -0.2) is 45.6 Å². The zero-order valence-electron chi connectivity index (χ0n) is 12.1. The van der Waals surface area contributed by atoms with Crippen molar-refractivity contribution in [1.82, 2.24) is 15.3 Å². The molecular weight excluding hydrogens is 289 g/mol. The fourth-order valence-electron chi connectivity index (χ4n) is 3.24.